The van der Waals surface area contributed by atoms with E-state index in [1.807, 2.05) is 6.07 Å². The number of sulfonamides is 1. The van der Waals surface area contributed by atoms with Crippen molar-refractivity contribution < 1.29 is 32.5 Å². The molecule has 0 aliphatic heterocycles. The van der Waals surface area contributed by atoms with E-state index >= 15 is 0 Å². The molecule has 2 aromatic heterocycles. The summed E-state index contributed by atoms with van der Waals surface area (Å²) in [4.78, 5) is 9.36. The van der Waals surface area contributed by atoms with E-state index in [0.29, 0.717) is 34.0 Å². The average molecular weight is 572 g/mol. The zero-order valence-electron chi connectivity index (χ0n) is 21.0. The normalized spacial score (nSPS) is 11.1. The summed E-state index contributed by atoms with van der Waals surface area (Å²) in [7, 11) is -1.12. The lowest BCUT2D eigenvalue weighted by Gasteiger charge is -2.19. The summed E-state index contributed by atoms with van der Waals surface area (Å²) in [5, 5.41) is 21.1. The van der Waals surface area contributed by atoms with Crippen molar-refractivity contribution in [3.05, 3.63) is 53.4 Å². The standard InChI is InChI=1S/C25H25N5O7S2/c1-34-16-13-20(23(21(14-16)35-2)37-12-11-36-10-9-31)29-24-25(28-19-6-4-3-5-18(19)27-24)30-39(32,33)22-8-7-17(15-26)38-22/h3-8,13-14,31H,9-12H2,1-2H3,(H,27,29)(H,28,30). The lowest BCUT2D eigenvalue weighted by Crippen LogP contribution is -2.15. The van der Waals surface area contributed by atoms with Crippen LogP contribution in [0.1, 0.15) is 4.88 Å². The van der Waals surface area contributed by atoms with Gasteiger partial charge in [0, 0.05) is 12.1 Å². The molecule has 2 aromatic carbocycles. The number of nitriles is 1. The fraction of sp³-hybridized carbons (Fsp3) is 0.240. The fourth-order valence-electron chi connectivity index (χ4n) is 3.45. The van der Waals surface area contributed by atoms with Gasteiger partial charge in [0.05, 0.1) is 50.8 Å². The van der Waals surface area contributed by atoms with Crippen LogP contribution in [-0.4, -0.2) is 64.1 Å². The molecule has 2 heterocycles. The van der Waals surface area contributed by atoms with Gasteiger partial charge >= 0.3 is 0 Å². The topological polar surface area (TPSA) is 165 Å². The molecule has 0 fully saturated rings. The summed E-state index contributed by atoms with van der Waals surface area (Å²) in [5.74, 6) is 1.10. The van der Waals surface area contributed by atoms with Gasteiger partial charge in [0.1, 0.15) is 27.5 Å². The monoisotopic (exact) mass is 571 g/mol. The maximum atomic E-state index is 13.2. The van der Waals surface area contributed by atoms with Crippen LogP contribution in [0.5, 0.6) is 17.2 Å². The minimum Gasteiger partial charge on any atom is -0.497 e. The lowest BCUT2D eigenvalue weighted by atomic mass is 10.2. The highest BCUT2D eigenvalue weighted by Gasteiger charge is 2.23. The van der Waals surface area contributed by atoms with Gasteiger partial charge in [-0.2, -0.15) is 5.26 Å². The van der Waals surface area contributed by atoms with Crippen LogP contribution in [0.3, 0.4) is 0 Å². The number of thiophene rings is 1. The molecular weight excluding hydrogens is 546 g/mol. The number of rotatable bonds is 13. The van der Waals surface area contributed by atoms with E-state index in [2.05, 4.69) is 20.0 Å². The second-order valence-electron chi connectivity index (χ2n) is 7.76. The molecule has 0 aliphatic rings. The number of aliphatic hydroxyl groups is 1. The minimum atomic E-state index is -4.09. The van der Waals surface area contributed by atoms with E-state index in [-0.39, 0.29) is 47.1 Å². The van der Waals surface area contributed by atoms with Crippen LogP contribution in [0.15, 0.2) is 52.7 Å². The molecule has 0 amide bonds. The Kier molecular flexibility index (Phi) is 8.99. The third-order valence-corrected chi connectivity index (χ3v) is 8.03. The van der Waals surface area contributed by atoms with Gasteiger partial charge in [0.15, 0.2) is 23.1 Å². The number of para-hydroxylation sites is 2. The molecule has 4 rings (SSSR count). The van der Waals surface area contributed by atoms with Gasteiger partial charge < -0.3 is 29.4 Å². The first kappa shape index (κ1) is 27.9. The molecule has 0 radical (unpaired) electrons. The number of anilines is 3. The third-order valence-electron chi connectivity index (χ3n) is 5.20. The van der Waals surface area contributed by atoms with Crippen molar-refractivity contribution in [1.29, 1.82) is 5.26 Å². The highest BCUT2D eigenvalue weighted by Crippen LogP contribution is 2.42. The lowest BCUT2D eigenvalue weighted by molar-refractivity contribution is 0.0700. The molecule has 0 unspecified atom stereocenters. The van der Waals surface area contributed by atoms with Gasteiger partial charge in [0.2, 0.25) is 0 Å². The molecule has 204 valence electrons. The van der Waals surface area contributed by atoms with Gasteiger partial charge in [-0.05, 0) is 24.3 Å². The highest BCUT2D eigenvalue weighted by molar-refractivity contribution is 7.94. The number of nitrogens with one attached hydrogen (secondary N) is 2. The molecular formula is C25H25N5O7S2. The number of fused-ring (bicyclic) bond motifs is 1. The summed E-state index contributed by atoms with van der Waals surface area (Å²) in [6.45, 7) is 0.410. The van der Waals surface area contributed by atoms with Crippen LogP contribution in [0.25, 0.3) is 11.0 Å². The van der Waals surface area contributed by atoms with Crippen molar-refractivity contribution in [2.75, 3.05) is 50.7 Å². The smallest absolute Gasteiger partial charge is 0.272 e. The average Bonchev–Trinajstić information content (AvgIpc) is 3.44. The molecule has 0 bridgehead atoms. The zero-order chi connectivity index (χ0) is 27.8. The van der Waals surface area contributed by atoms with Gasteiger partial charge in [-0.15, -0.1) is 11.3 Å². The molecule has 0 saturated carbocycles. The Bertz CT molecular complexity index is 1600. The van der Waals surface area contributed by atoms with Crippen LogP contribution in [-0.2, 0) is 14.8 Å². The summed E-state index contributed by atoms with van der Waals surface area (Å²) >= 11 is 0.839. The van der Waals surface area contributed by atoms with Crippen molar-refractivity contribution in [2.24, 2.45) is 0 Å². The third kappa shape index (κ3) is 6.65. The number of nitrogens with zero attached hydrogens (tertiary/aromatic N) is 3. The first-order valence-electron chi connectivity index (χ1n) is 11.5. The summed E-state index contributed by atoms with van der Waals surface area (Å²) < 4.78 is 50.9. The number of hydrogen-bond acceptors (Lipinski definition) is 12. The Labute approximate surface area is 228 Å². The van der Waals surface area contributed by atoms with Crippen LogP contribution in [0, 0.1) is 11.3 Å². The molecule has 14 heteroatoms. The largest absolute Gasteiger partial charge is 0.497 e. The Morgan fingerprint density at radius 2 is 1.74 bits per heavy atom. The maximum Gasteiger partial charge on any atom is 0.272 e. The minimum absolute atomic E-state index is 0.0464. The predicted octanol–water partition coefficient (Wildman–Crippen LogP) is 3.51. The molecule has 0 atom stereocenters. The second kappa shape index (κ2) is 12.6. The molecule has 0 spiro atoms. The molecule has 4 aromatic rings. The molecule has 39 heavy (non-hydrogen) atoms. The number of hydrogen-bond donors (Lipinski definition) is 3. The number of ether oxygens (including phenoxy) is 4. The Morgan fingerprint density at radius 3 is 2.38 bits per heavy atom. The second-order valence-corrected chi connectivity index (χ2v) is 10.8. The number of aromatic nitrogens is 2. The zero-order valence-corrected chi connectivity index (χ0v) is 22.6. The highest BCUT2D eigenvalue weighted by atomic mass is 32.2. The van der Waals surface area contributed by atoms with Gasteiger partial charge in [-0.1, -0.05) is 12.1 Å². The summed E-state index contributed by atoms with van der Waals surface area (Å²) in [5.41, 5.74) is 1.34. The number of aliphatic hydroxyl groups excluding tert-OH is 1. The van der Waals surface area contributed by atoms with E-state index in [0.717, 1.165) is 11.3 Å². The SMILES string of the molecule is COc1cc(Nc2nc3ccccc3nc2NS(=O)(=O)c2ccc(C#N)s2)c(OCCOCCO)c(OC)c1. The molecule has 0 aliphatic carbocycles. The van der Waals surface area contributed by atoms with Crippen molar-refractivity contribution in [2.45, 2.75) is 4.21 Å². The number of benzene rings is 2. The van der Waals surface area contributed by atoms with Gasteiger partial charge in [0.25, 0.3) is 10.0 Å². The Morgan fingerprint density at radius 1 is 1.00 bits per heavy atom. The van der Waals surface area contributed by atoms with Crippen LogP contribution in [0.2, 0.25) is 0 Å². The van der Waals surface area contributed by atoms with Crippen LogP contribution >= 0.6 is 11.3 Å². The Hall–Kier alpha value is -4.16. The first-order valence-corrected chi connectivity index (χ1v) is 13.8. The van der Waals surface area contributed by atoms with Gasteiger partial charge in [-0.25, -0.2) is 18.4 Å². The van der Waals surface area contributed by atoms with Crippen molar-refractivity contribution in [3.8, 4) is 23.3 Å². The van der Waals surface area contributed by atoms with Crippen LogP contribution < -0.4 is 24.2 Å². The fourth-order valence-corrected chi connectivity index (χ4v) is 5.56. The van der Waals surface area contributed by atoms with E-state index in [1.54, 1.807) is 36.4 Å². The van der Waals surface area contributed by atoms with Gasteiger partial charge in [-0.3, -0.25) is 4.72 Å². The first-order chi connectivity index (χ1) is 18.9. The van der Waals surface area contributed by atoms with Crippen molar-refractivity contribution >= 4 is 49.7 Å². The maximum absolute atomic E-state index is 13.2. The van der Waals surface area contributed by atoms with Crippen molar-refractivity contribution in [1.82, 2.24) is 9.97 Å². The van der Waals surface area contributed by atoms with E-state index in [4.69, 9.17) is 29.3 Å². The molecule has 12 nitrogen and oxygen atoms in total. The summed E-state index contributed by atoms with van der Waals surface area (Å²) in [6, 6.07) is 15.0. The van der Waals surface area contributed by atoms with E-state index < -0.39 is 10.0 Å². The molecule has 0 saturated heterocycles. The Balaban J connectivity index is 1.76. The van der Waals surface area contributed by atoms with E-state index in [9.17, 15) is 8.42 Å². The van der Waals surface area contributed by atoms with Crippen LogP contribution in [0.4, 0.5) is 17.3 Å². The van der Waals surface area contributed by atoms with Crippen molar-refractivity contribution in [3.63, 3.8) is 0 Å². The predicted molar refractivity (Wildman–Crippen MR) is 146 cm³/mol. The number of methoxy groups -OCH3 is 2. The van der Waals surface area contributed by atoms with E-state index in [1.165, 1.54) is 26.4 Å². The quantitative estimate of drug-likeness (QED) is 0.201. The molecule has 3 N–H and O–H groups in total. The summed E-state index contributed by atoms with van der Waals surface area (Å²) in [6.07, 6.45) is 0.